The zero-order valence-corrected chi connectivity index (χ0v) is 8.38. The number of likely N-dealkylation sites (N-methyl/N-ethyl adjacent to an activating group) is 1. The van der Waals surface area contributed by atoms with Gasteiger partial charge in [-0.1, -0.05) is 30.7 Å². The number of rotatable bonds is 2. The Hall–Kier alpha value is -0.560. The number of likely N-dealkylation sites (tertiary alicyclic amines) is 1. The first-order valence-electron chi connectivity index (χ1n) is 4.79. The molecule has 1 unspecified atom stereocenters. The normalized spacial score (nSPS) is 29.2. The van der Waals surface area contributed by atoms with Gasteiger partial charge in [-0.25, -0.2) is 0 Å². The molecule has 1 nitrogen and oxygen atoms in total. The second-order valence-corrected chi connectivity index (χ2v) is 3.63. The van der Waals surface area contributed by atoms with Gasteiger partial charge < -0.3 is 0 Å². The maximum absolute atomic E-state index is 2.39. The van der Waals surface area contributed by atoms with E-state index in [4.69, 9.17) is 0 Å². The minimum atomic E-state index is 0.728. The van der Waals surface area contributed by atoms with Crippen molar-refractivity contribution in [2.24, 2.45) is 0 Å². The van der Waals surface area contributed by atoms with Crippen molar-refractivity contribution in [3.8, 4) is 0 Å². The first-order valence-corrected chi connectivity index (χ1v) is 4.79. The van der Waals surface area contributed by atoms with Gasteiger partial charge in [-0.2, -0.15) is 0 Å². The molecule has 1 fully saturated rings. The van der Waals surface area contributed by atoms with Gasteiger partial charge in [0.1, 0.15) is 0 Å². The van der Waals surface area contributed by atoms with E-state index in [1.807, 2.05) is 0 Å². The van der Waals surface area contributed by atoms with Crippen LogP contribution >= 0.6 is 0 Å². The minimum Gasteiger partial charge on any atom is -0.299 e. The number of hydrogen-bond acceptors (Lipinski definition) is 1. The molecule has 0 aromatic heterocycles. The van der Waals surface area contributed by atoms with Crippen LogP contribution in [0.3, 0.4) is 0 Å². The van der Waals surface area contributed by atoms with Crippen molar-refractivity contribution < 1.29 is 0 Å². The van der Waals surface area contributed by atoms with Gasteiger partial charge in [-0.05, 0) is 26.8 Å². The highest BCUT2D eigenvalue weighted by Crippen LogP contribution is 2.19. The Morgan fingerprint density at radius 1 is 1.58 bits per heavy atom. The average Bonchev–Trinajstić information content (AvgIpc) is 2.32. The van der Waals surface area contributed by atoms with E-state index >= 15 is 0 Å². The lowest BCUT2D eigenvalue weighted by Gasteiger charge is -2.11. The highest BCUT2D eigenvalue weighted by atomic mass is 15.1. The van der Waals surface area contributed by atoms with Gasteiger partial charge in [0.15, 0.2) is 0 Å². The fraction of sp³-hybridized carbons (Fsp3) is 0.636. The first-order chi connectivity index (χ1) is 5.74. The zero-order valence-electron chi connectivity index (χ0n) is 8.38. The summed E-state index contributed by atoms with van der Waals surface area (Å²) >= 11 is 0. The van der Waals surface area contributed by atoms with Crippen LogP contribution in [0.5, 0.6) is 0 Å². The molecule has 0 bridgehead atoms. The van der Waals surface area contributed by atoms with E-state index in [2.05, 4.69) is 44.0 Å². The van der Waals surface area contributed by atoms with Crippen LogP contribution in [0, 0.1) is 0 Å². The minimum absolute atomic E-state index is 0.728. The van der Waals surface area contributed by atoms with Crippen LogP contribution in [-0.4, -0.2) is 24.5 Å². The Morgan fingerprint density at radius 2 is 2.33 bits per heavy atom. The first kappa shape index (κ1) is 9.53. The van der Waals surface area contributed by atoms with E-state index in [0.717, 1.165) is 19.0 Å². The van der Waals surface area contributed by atoms with Gasteiger partial charge in [-0.15, -0.1) is 0 Å². The SMILES string of the molecule is CC/C=C\C=C1/CC(C)N(C)C1. The molecule has 0 amide bonds. The molecule has 0 aromatic carbocycles. The predicted molar refractivity (Wildman–Crippen MR) is 54.2 cm³/mol. The lowest BCUT2D eigenvalue weighted by Crippen LogP contribution is -2.20. The Bertz CT molecular complexity index is 179. The maximum Gasteiger partial charge on any atom is 0.0196 e. The van der Waals surface area contributed by atoms with Crippen molar-refractivity contribution in [3.05, 3.63) is 23.8 Å². The number of allylic oxidation sites excluding steroid dienone is 3. The van der Waals surface area contributed by atoms with Crippen LogP contribution < -0.4 is 0 Å². The standard InChI is InChI=1S/C11H19N/c1-4-5-6-7-11-8-10(2)12(3)9-11/h5-7,10H,4,8-9H2,1-3H3/b6-5-,11-7+. The van der Waals surface area contributed by atoms with Gasteiger partial charge >= 0.3 is 0 Å². The van der Waals surface area contributed by atoms with E-state index in [0.29, 0.717) is 0 Å². The van der Waals surface area contributed by atoms with Crippen molar-refractivity contribution in [2.75, 3.05) is 13.6 Å². The third-order valence-corrected chi connectivity index (χ3v) is 2.47. The topological polar surface area (TPSA) is 3.24 Å². The molecule has 68 valence electrons. The van der Waals surface area contributed by atoms with Gasteiger partial charge in [0, 0.05) is 12.6 Å². The number of nitrogens with zero attached hydrogens (tertiary/aromatic N) is 1. The van der Waals surface area contributed by atoms with Crippen molar-refractivity contribution in [1.82, 2.24) is 4.90 Å². The molecule has 1 aliphatic rings. The predicted octanol–water partition coefficient (Wildman–Crippen LogP) is 2.60. The quantitative estimate of drug-likeness (QED) is 0.608. The lowest BCUT2D eigenvalue weighted by molar-refractivity contribution is 0.332. The summed E-state index contributed by atoms with van der Waals surface area (Å²) in [4.78, 5) is 2.39. The molecule has 1 rings (SSSR count). The average molecular weight is 165 g/mol. The van der Waals surface area contributed by atoms with Crippen LogP contribution in [0.15, 0.2) is 23.8 Å². The van der Waals surface area contributed by atoms with E-state index in [1.165, 1.54) is 6.42 Å². The monoisotopic (exact) mass is 165 g/mol. The van der Waals surface area contributed by atoms with Crippen molar-refractivity contribution in [2.45, 2.75) is 32.7 Å². The van der Waals surface area contributed by atoms with Crippen molar-refractivity contribution >= 4 is 0 Å². The van der Waals surface area contributed by atoms with Gasteiger partial charge in [0.05, 0.1) is 0 Å². The molecule has 0 N–H and O–H groups in total. The second-order valence-electron chi connectivity index (χ2n) is 3.63. The molecule has 1 heterocycles. The summed E-state index contributed by atoms with van der Waals surface area (Å²) in [5.41, 5.74) is 1.56. The Kier molecular flexibility index (Phi) is 3.54. The fourth-order valence-corrected chi connectivity index (χ4v) is 1.54. The molecule has 1 atom stereocenters. The van der Waals surface area contributed by atoms with E-state index in [-0.39, 0.29) is 0 Å². The summed E-state index contributed by atoms with van der Waals surface area (Å²) in [5.74, 6) is 0. The molecule has 0 aliphatic carbocycles. The summed E-state index contributed by atoms with van der Waals surface area (Å²) in [6, 6.07) is 0.728. The van der Waals surface area contributed by atoms with Crippen LogP contribution in [0.25, 0.3) is 0 Å². The molecule has 0 radical (unpaired) electrons. The fourth-order valence-electron chi connectivity index (χ4n) is 1.54. The molecule has 12 heavy (non-hydrogen) atoms. The maximum atomic E-state index is 2.39. The number of hydrogen-bond donors (Lipinski definition) is 0. The van der Waals surface area contributed by atoms with Gasteiger partial charge in [0.2, 0.25) is 0 Å². The summed E-state index contributed by atoms with van der Waals surface area (Å²) in [5, 5.41) is 0. The molecular weight excluding hydrogens is 146 g/mol. The molecule has 1 aliphatic heterocycles. The van der Waals surface area contributed by atoms with Crippen LogP contribution in [0.4, 0.5) is 0 Å². The van der Waals surface area contributed by atoms with Crippen LogP contribution in [-0.2, 0) is 0 Å². The van der Waals surface area contributed by atoms with Gasteiger partial charge in [0.25, 0.3) is 0 Å². The Balaban J connectivity index is 2.45. The van der Waals surface area contributed by atoms with Crippen LogP contribution in [0.1, 0.15) is 26.7 Å². The molecule has 1 saturated heterocycles. The third kappa shape index (κ3) is 2.49. The van der Waals surface area contributed by atoms with E-state index in [1.54, 1.807) is 5.57 Å². The molecule has 0 saturated carbocycles. The van der Waals surface area contributed by atoms with Crippen molar-refractivity contribution in [1.29, 1.82) is 0 Å². The van der Waals surface area contributed by atoms with Crippen LogP contribution in [0.2, 0.25) is 0 Å². The largest absolute Gasteiger partial charge is 0.299 e. The Morgan fingerprint density at radius 3 is 2.83 bits per heavy atom. The third-order valence-electron chi connectivity index (χ3n) is 2.47. The second kappa shape index (κ2) is 4.46. The smallest absolute Gasteiger partial charge is 0.0196 e. The highest BCUT2D eigenvalue weighted by Gasteiger charge is 2.19. The van der Waals surface area contributed by atoms with E-state index < -0.39 is 0 Å². The zero-order chi connectivity index (χ0) is 8.97. The molecule has 0 spiro atoms. The highest BCUT2D eigenvalue weighted by molar-refractivity contribution is 5.18. The summed E-state index contributed by atoms with van der Waals surface area (Å²) in [7, 11) is 2.19. The molecule has 1 heteroatoms. The lowest BCUT2D eigenvalue weighted by atomic mass is 10.1. The van der Waals surface area contributed by atoms with E-state index in [9.17, 15) is 0 Å². The summed E-state index contributed by atoms with van der Waals surface area (Å²) < 4.78 is 0. The summed E-state index contributed by atoms with van der Waals surface area (Å²) in [6.07, 6.45) is 9.03. The van der Waals surface area contributed by atoms with Crippen molar-refractivity contribution in [3.63, 3.8) is 0 Å². The van der Waals surface area contributed by atoms with Gasteiger partial charge in [-0.3, -0.25) is 4.90 Å². The summed E-state index contributed by atoms with van der Waals surface area (Å²) in [6.45, 7) is 5.60. The molecule has 0 aromatic rings. The Labute approximate surface area is 75.8 Å². The molecular formula is C11H19N.